The number of anilines is 3. The van der Waals surface area contributed by atoms with Crippen molar-refractivity contribution >= 4 is 38.9 Å². The molecule has 0 amide bonds. The van der Waals surface area contributed by atoms with Crippen molar-refractivity contribution in [3.05, 3.63) is 209 Å². The van der Waals surface area contributed by atoms with Crippen LogP contribution in [0.25, 0.3) is 21.8 Å². The van der Waals surface area contributed by atoms with Crippen LogP contribution in [-0.2, 0) is 0 Å². The molecule has 2 nitrogen and oxygen atoms in total. The van der Waals surface area contributed by atoms with Gasteiger partial charge >= 0.3 is 0 Å². The summed E-state index contributed by atoms with van der Waals surface area (Å²) in [6, 6.07) is 64.0. The summed E-state index contributed by atoms with van der Waals surface area (Å²) in [6.07, 6.45) is 0. The third-order valence-corrected chi connectivity index (χ3v) is 9.69. The minimum atomic E-state index is 0.100. The molecule has 0 fully saturated rings. The Labute approximate surface area is 283 Å². The zero-order valence-electron chi connectivity index (χ0n) is 27.3. The Balaban J connectivity index is 1.18. The van der Waals surface area contributed by atoms with E-state index in [1.54, 1.807) is 0 Å². The first-order valence-electron chi connectivity index (χ1n) is 16.8. The van der Waals surface area contributed by atoms with Gasteiger partial charge in [-0.15, -0.1) is 0 Å². The van der Waals surface area contributed by atoms with Crippen molar-refractivity contribution in [1.29, 1.82) is 0 Å². The van der Waals surface area contributed by atoms with Gasteiger partial charge in [-0.2, -0.15) is 0 Å². The first kappa shape index (κ1) is 29.5. The summed E-state index contributed by atoms with van der Waals surface area (Å²) >= 11 is 0. The van der Waals surface area contributed by atoms with E-state index in [9.17, 15) is 0 Å². The van der Waals surface area contributed by atoms with Crippen LogP contribution in [0.15, 0.2) is 176 Å². The Morgan fingerprint density at radius 3 is 1.48 bits per heavy atom. The maximum atomic E-state index is 3.61. The van der Waals surface area contributed by atoms with Gasteiger partial charge in [-0.25, -0.2) is 0 Å². The summed E-state index contributed by atoms with van der Waals surface area (Å²) in [5.41, 5.74) is 13.5. The van der Waals surface area contributed by atoms with E-state index in [1.165, 1.54) is 55.2 Å². The summed E-state index contributed by atoms with van der Waals surface area (Å²) < 4.78 is 0. The van der Waals surface area contributed by atoms with Crippen molar-refractivity contribution in [1.82, 2.24) is 4.98 Å². The van der Waals surface area contributed by atoms with Gasteiger partial charge in [0.2, 0.25) is 0 Å². The van der Waals surface area contributed by atoms with E-state index in [4.69, 9.17) is 0 Å². The van der Waals surface area contributed by atoms with Crippen molar-refractivity contribution in [3.63, 3.8) is 0 Å². The largest absolute Gasteiger partial charge is 0.355 e. The van der Waals surface area contributed by atoms with Crippen LogP contribution >= 0.6 is 0 Å². The zero-order valence-corrected chi connectivity index (χ0v) is 27.3. The highest BCUT2D eigenvalue weighted by atomic mass is 15.1. The highest BCUT2D eigenvalue weighted by molar-refractivity contribution is 6.07. The highest BCUT2D eigenvalue weighted by Crippen LogP contribution is 2.39. The Morgan fingerprint density at radius 1 is 0.417 bits per heavy atom. The van der Waals surface area contributed by atoms with Crippen LogP contribution in [0.4, 0.5) is 17.1 Å². The number of hydrogen-bond donors (Lipinski definition) is 1. The molecule has 0 radical (unpaired) electrons. The smallest absolute Gasteiger partial charge is 0.0465 e. The number of para-hydroxylation sites is 1. The first-order valence-corrected chi connectivity index (χ1v) is 16.8. The topological polar surface area (TPSA) is 19.0 Å². The molecule has 0 aliphatic rings. The Hall–Kier alpha value is -5.86. The van der Waals surface area contributed by atoms with Gasteiger partial charge in [0.1, 0.15) is 0 Å². The second kappa shape index (κ2) is 12.7. The Kier molecular flexibility index (Phi) is 7.84. The standard InChI is InChI=1S/C46H38N2/c1-32-18-28-44-42(30-32)43-31-38(23-29-45(43)47-44)46(36-14-8-4-9-15-36)37-21-26-41(27-22-37)48(39-16-10-5-11-17-39)40-24-19-35(20-25-40)33(2)34-12-6-3-7-13-34/h3-31,33,46-47H,1-2H3. The Bertz CT molecular complexity index is 2290. The number of nitrogens with one attached hydrogen (secondary N) is 1. The fourth-order valence-electron chi connectivity index (χ4n) is 7.12. The molecule has 8 aromatic rings. The predicted octanol–water partition coefficient (Wildman–Crippen LogP) is 12.4. The van der Waals surface area contributed by atoms with Crippen LogP contribution in [0.2, 0.25) is 0 Å². The van der Waals surface area contributed by atoms with E-state index < -0.39 is 0 Å². The van der Waals surface area contributed by atoms with Crippen molar-refractivity contribution in [2.24, 2.45) is 0 Å². The van der Waals surface area contributed by atoms with Gasteiger partial charge < -0.3 is 9.88 Å². The van der Waals surface area contributed by atoms with Gasteiger partial charge in [-0.1, -0.05) is 128 Å². The van der Waals surface area contributed by atoms with Crippen LogP contribution in [0, 0.1) is 6.92 Å². The molecule has 0 aliphatic heterocycles. The van der Waals surface area contributed by atoms with Crippen LogP contribution in [0.1, 0.15) is 52.1 Å². The molecule has 1 heterocycles. The highest BCUT2D eigenvalue weighted by Gasteiger charge is 2.20. The number of hydrogen-bond acceptors (Lipinski definition) is 1. The molecule has 2 unspecified atom stereocenters. The van der Waals surface area contributed by atoms with Crippen molar-refractivity contribution in [2.45, 2.75) is 25.7 Å². The van der Waals surface area contributed by atoms with E-state index in [0.717, 1.165) is 17.1 Å². The maximum Gasteiger partial charge on any atom is 0.0465 e. The van der Waals surface area contributed by atoms with Crippen molar-refractivity contribution in [3.8, 4) is 0 Å². The number of nitrogens with zero attached hydrogens (tertiary/aromatic N) is 1. The molecule has 1 N–H and O–H groups in total. The van der Waals surface area contributed by atoms with E-state index in [-0.39, 0.29) is 5.92 Å². The van der Waals surface area contributed by atoms with E-state index in [1.807, 2.05) is 0 Å². The predicted molar refractivity (Wildman–Crippen MR) is 203 cm³/mol. The van der Waals surface area contributed by atoms with E-state index in [2.05, 4.69) is 200 Å². The van der Waals surface area contributed by atoms with Gasteiger partial charge in [0.05, 0.1) is 0 Å². The number of rotatable bonds is 8. The fourth-order valence-corrected chi connectivity index (χ4v) is 7.12. The van der Waals surface area contributed by atoms with Crippen molar-refractivity contribution in [2.75, 3.05) is 4.90 Å². The molecule has 7 aromatic carbocycles. The zero-order chi connectivity index (χ0) is 32.5. The van der Waals surface area contributed by atoms with Gasteiger partial charge in [-0.3, -0.25) is 0 Å². The lowest BCUT2D eigenvalue weighted by molar-refractivity contribution is 0.922. The third kappa shape index (κ3) is 5.67. The molecule has 232 valence electrons. The molecular formula is C46H38N2. The van der Waals surface area contributed by atoms with E-state index >= 15 is 0 Å². The SMILES string of the molecule is Cc1ccc2[nH]c3ccc(C(c4ccccc4)c4ccc(N(c5ccccc5)c5ccc(C(C)c6ccccc6)cc5)cc4)cc3c2c1. The van der Waals surface area contributed by atoms with Crippen LogP contribution in [0.5, 0.6) is 0 Å². The lowest BCUT2D eigenvalue weighted by atomic mass is 9.84. The van der Waals surface area contributed by atoms with Gasteiger partial charge in [0.15, 0.2) is 0 Å². The molecule has 1 aromatic heterocycles. The molecule has 48 heavy (non-hydrogen) atoms. The van der Waals surface area contributed by atoms with Crippen LogP contribution < -0.4 is 4.90 Å². The molecule has 0 bridgehead atoms. The molecular weight excluding hydrogens is 581 g/mol. The number of benzene rings is 7. The second-order valence-electron chi connectivity index (χ2n) is 12.8. The normalized spacial score (nSPS) is 12.6. The monoisotopic (exact) mass is 618 g/mol. The molecule has 0 spiro atoms. The van der Waals surface area contributed by atoms with Crippen LogP contribution in [0.3, 0.4) is 0 Å². The van der Waals surface area contributed by atoms with Crippen LogP contribution in [-0.4, -0.2) is 4.98 Å². The quantitative estimate of drug-likeness (QED) is 0.168. The minimum absolute atomic E-state index is 0.100. The van der Waals surface area contributed by atoms with Gasteiger partial charge in [-0.05, 0) is 95.4 Å². The molecule has 0 saturated heterocycles. The first-order chi connectivity index (χ1) is 23.6. The average molecular weight is 619 g/mol. The number of aromatic amines is 1. The fraction of sp³-hybridized carbons (Fsp3) is 0.0870. The number of fused-ring (bicyclic) bond motifs is 3. The second-order valence-corrected chi connectivity index (χ2v) is 12.8. The maximum absolute atomic E-state index is 3.61. The summed E-state index contributed by atoms with van der Waals surface area (Å²) in [7, 11) is 0. The van der Waals surface area contributed by atoms with Gasteiger partial charge in [0.25, 0.3) is 0 Å². The summed E-state index contributed by atoms with van der Waals surface area (Å²) in [5.74, 6) is 0.426. The number of aromatic nitrogens is 1. The molecule has 2 atom stereocenters. The number of aryl methyl sites for hydroxylation is 1. The molecule has 8 rings (SSSR count). The lowest BCUT2D eigenvalue weighted by Gasteiger charge is -2.27. The summed E-state index contributed by atoms with van der Waals surface area (Å²) in [4.78, 5) is 5.96. The third-order valence-electron chi connectivity index (χ3n) is 9.69. The average Bonchev–Trinajstić information content (AvgIpc) is 3.51. The Morgan fingerprint density at radius 2 is 0.854 bits per heavy atom. The molecule has 2 heteroatoms. The lowest BCUT2D eigenvalue weighted by Crippen LogP contribution is -2.11. The number of H-pyrrole nitrogens is 1. The molecule has 0 aliphatic carbocycles. The minimum Gasteiger partial charge on any atom is -0.355 e. The summed E-state index contributed by atoms with van der Waals surface area (Å²) in [6.45, 7) is 4.44. The summed E-state index contributed by atoms with van der Waals surface area (Å²) in [5, 5.41) is 2.54. The van der Waals surface area contributed by atoms with Gasteiger partial charge in [0, 0.05) is 50.7 Å². The molecule has 0 saturated carbocycles. The van der Waals surface area contributed by atoms with E-state index in [0.29, 0.717) is 5.92 Å². The van der Waals surface area contributed by atoms with Crippen molar-refractivity contribution < 1.29 is 0 Å².